The molecule has 0 aliphatic heterocycles. The molecule has 0 radical (unpaired) electrons. The minimum atomic E-state index is -0.217. The molecule has 2 aromatic carbocycles. The largest absolute Gasteiger partial charge is 0.494 e. The molecular weight excluding hydrogens is 330 g/mol. The predicted molar refractivity (Wildman–Crippen MR) is 99.2 cm³/mol. The summed E-state index contributed by atoms with van der Waals surface area (Å²) >= 11 is 0. The summed E-state index contributed by atoms with van der Waals surface area (Å²) in [6, 6.07) is 13.5. The number of aromatic nitrogens is 2. The first-order valence-corrected chi connectivity index (χ1v) is 8.48. The van der Waals surface area contributed by atoms with Gasteiger partial charge < -0.3 is 9.15 Å². The van der Waals surface area contributed by atoms with Crippen LogP contribution in [0.4, 0.5) is 6.01 Å². The van der Waals surface area contributed by atoms with Crippen molar-refractivity contribution in [3.63, 3.8) is 0 Å². The average molecular weight is 351 g/mol. The second-order valence-corrected chi connectivity index (χ2v) is 6.03. The molecule has 1 N–H and O–H groups in total. The van der Waals surface area contributed by atoms with Gasteiger partial charge in [0, 0.05) is 5.56 Å². The molecule has 0 saturated carbocycles. The van der Waals surface area contributed by atoms with Crippen LogP contribution in [0.25, 0.3) is 11.5 Å². The first kappa shape index (κ1) is 17.7. The minimum absolute atomic E-state index is 0.0943. The van der Waals surface area contributed by atoms with Crippen molar-refractivity contribution in [1.82, 2.24) is 10.2 Å². The molecule has 0 fully saturated rings. The topological polar surface area (TPSA) is 77.2 Å². The summed E-state index contributed by atoms with van der Waals surface area (Å²) in [5.41, 5.74) is 3.88. The van der Waals surface area contributed by atoms with Crippen LogP contribution < -0.4 is 10.1 Å². The van der Waals surface area contributed by atoms with Crippen LogP contribution in [0.15, 0.2) is 46.9 Å². The van der Waals surface area contributed by atoms with Crippen LogP contribution in [-0.2, 0) is 11.2 Å². The van der Waals surface area contributed by atoms with Gasteiger partial charge in [-0.25, -0.2) is 0 Å². The summed E-state index contributed by atoms with van der Waals surface area (Å²) in [6.07, 6.45) is 0.216. The zero-order valence-electron chi connectivity index (χ0n) is 15.1. The van der Waals surface area contributed by atoms with E-state index in [4.69, 9.17) is 9.15 Å². The molecular formula is C20H21N3O3. The van der Waals surface area contributed by atoms with E-state index < -0.39 is 0 Å². The number of anilines is 1. The summed E-state index contributed by atoms with van der Waals surface area (Å²) in [4.78, 5) is 12.2. The third-order valence-electron chi connectivity index (χ3n) is 3.89. The van der Waals surface area contributed by atoms with Crippen LogP contribution in [-0.4, -0.2) is 22.7 Å². The number of benzene rings is 2. The van der Waals surface area contributed by atoms with Crippen molar-refractivity contribution in [3.8, 4) is 17.2 Å². The zero-order chi connectivity index (χ0) is 18.5. The highest BCUT2D eigenvalue weighted by Gasteiger charge is 2.13. The Morgan fingerprint density at radius 3 is 2.62 bits per heavy atom. The number of rotatable bonds is 6. The highest BCUT2D eigenvalue weighted by atomic mass is 16.5. The zero-order valence-corrected chi connectivity index (χ0v) is 15.1. The molecule has 0 spiro atoms. The smallest absolute Gasteiger partial charge is 0.322 e. The number of nitrogens with zero attached hydrogens (tertiary/aromatic N) is 2. The van der Waals surface area contributed by atoms with E-state index in [-0.39, 0.29) is 18.3 Å². The Balaban J connectivity index is 1.65. The van der Waals surface area contributed by atoms with E-state index in [0.717, 1.165) is 28.0 Å². The number of ether oxygens (including phenoxy) is 1. The lowest BCUT2D eigenvalue weighted by molar-refractivity contribution is -0.115. The second-order valence-electron chi connectivity index (χ2n) is 6.03. The molecule has 0 saturated heterocycles. The lowest BCUT2D eigenvalue weighted by atomic mass is 10.1. The van der Waals surface area contributed by atoms with Gasteiger partial charge >= 0.3 is 6.01 Å². The molecule has 0 atom stereocenters. The third-order valence-corrected chi connectivity index (χ3v) is 3.89. The number of hydrogen-bond donors (Lipinski definition) is 1. The summed E-state index contributed by atoms with van der Waals surface area (Å²) in [7, 11) is 0. The van der Waals surface area contributed by atoms with Crippen LogP contribution >= 0.6 is 0 Å². The fourth-order valence-electron chi connectivity index (χ4n) is 2.57. The Morgan fingerprint density at radius 2 is 1.88 bits per heavy atom. The van der Waals surface area contributed by atoms with E-state index >= 15 is 0 Å². The van der Waals surface area contributed by atoms with E-state index in [1.165, 1.54) is 0 Å². The number of amides is 1. The van der Waals surface area contributed by atoms with E-state index in [0.29, 0.717) is 12.5 Å². The third kappa shape index (κ3) is 4.27. The normalized spacial score (nSPS) is 10.6. The molecule has 6 nitrogen and oxygen atoms in total. The summed E-state index contributed by atoms with van der Waals surface area (Å²) in [5, 5.41) is 10.6. The van der Waals surface area contributed by atoms with Gasteiger partial charge in [0.1, 0.15) is 5.75 Å². The fraction of sp³-hybridized carbons (Fsp3) is 0.250. The van der Waals surface area contributed by atoms with E-state index in [1.807, 2.05) is 63.2 Å². The van der Waals surface area contributed by atoms with E-state index in [9.17, 15) is 4.79 Å². The van der Waals surface area contributed by atoms with Crippen LogP contribution in [0.5, 0.6) is 5.75 Å². The number of carbonyl (C=O) groups excluding carboxylic acids is 1. The molecule has 0 aliphatic carbocycles. The molecule has 3 rings (SSSR count). The number of aryl methyl sites for hydroxylation is 2. The molecule has 0 bridgehead atoms. The molecule has 134 valence electrons. The highest BCUT2D eigenvalue weighted by molar-refractivity contribution is 5.90. The van der Waals surface area contributed by atoms with Gasteiger partial charge in [0.2, 0.25) is 11.8 Å². The van der Waals surface area contributed by atoms with Gasteiger partial charge in [-0.15, -0.1) is 5.10 Å². The number of hydrogen-bond acceptors (Lipinski definition) is 5. The summed E-state index contributed by atoms with van der Waals surface area (Å²) < 4.78 is 11.0. The SMILES string of the molecule is CCOc1ccc(CC(=O)Nc2nnc(-c3cc(C)ccc3C)o2)cc1. The Labute approximate surface area is 152 Å². The first-order chi connectivity index (χ1) is 12.5. The highest BCUT2D eigenvalue weighted by Crippen LogP contribution is 2.24. The quantitative estimate of drug-likeness (QED) is 0.728. The van der Waals surface area contributed by atoms with Gasteiger partial charge in [0.15, 0.2) is 0 Å². The van der Waals surface area contributed by atoms with Crippen molar-refractivity contribution < 1.29 is 13.9 Å². The van der Waals surface area contributed by atoms with Crippen molar-refractivity contribution in [3.05, 3.63) is 59.2 Å². The monoisotopic (exact) mass is 351 g/mol. The molecule has 3 aromatic rings. The lowest BCUT2D eigenvalue weighted by Gasteiger charge is -2.05. The van der Waals surface area contributed by atoms with Crippen molar-refractivity contribution >= 4 is 11.9 Å². The van der Waals surface area contributed by atoms with Gasteiger partial charge in [0.25, 0.3) is 0 Å². The minimum Gasteiger partial charge on any atom is -0.494 e. The predicted octanol–water partition coefficient (Wildman–Crippen LogP) is 3.93. The van der Waals surface area contributed by atoms with Crippen LogP contribution in [0.1, 0.15) is 23.6 Å². The van der Waals surface area contributed by atoms with Crippen molar-refractivity contribution in [2.75, 3.05) is 11.9 Å². The maximum absolute atomic E-state index is 12.2. The van der Waals surface area contributed by atoms with Crippen molar-refractivity contribution in [1.29, 1.82) is 0 Å². The van der Waals surface area contributed by atoms with Gasteiger partial charge in [0.05, 0.1) is 13.0 Å². The summed E-state index contributed by atoms with van der Waals surface area (Å²) in [6.45, 7) is 6.51. The van der Waals surface area contributed by atoms with Crippen molar-refractivity contribution in [2.24, 2.45) is 0 Å². The fourth-order valence-corrected chi connectivity index (χ4v) is 2.57. The van der Waals surface area contributed by atoms with E-state index in [1.54, 1.807) is 0 Å². The average Bonchev–Trinajstić information content (AvgIpc) is 3.07. The molecule has 6 heteroatoms. The maximum atomic E-state index is 12.2. The lowest BCUT2D eigenvalue weighted by Crippen LogP contribution is -2.14. The second kappa shape index (κ2) is 7.82. The molecule has 1 heterocycles. The van der Waals surface area contributed by atoms with Gasteiger partial charge in [-0.05, 0) is 50.1 Å². The molecule has 26 heavy (non-hydrogen) atoms. The standard InChI is InChI=1S/C20H21N3O3/c1-4-25-16-9-7-15(8-10-16)12-18(24)21-20-23-22-19(26-20)17-11-13(2)5-6-14(17)3/h5-11H,4,12H2,1-3H3,(H,21,23,24). The Kier molecular flexibility index (Phi) is 5.31. The van der Waals surface area contributed by atoms with E-state index in [2.05, 4.69) is 15.5 Å². The Morgan fingerprint density at radius 1 is 1.12 bits per heavy atom. The molecule has 1 amide bonds. The molecule has 1 aromatic heterocycles. The number of carbonyl (C=O) groups is 1. The van der Waals surface area contributed by atoms with Gasteiger partial charge in [-0.3, -0.25) is 10.1 Å². The Bertz CT molecular complexity index is 901. The molecule has 0 unspecified atom stereocenters. The number of nitrogens with one attached hydrogen (secondary N) is 1. The van der Waals surface area contributed by atoms with Crippen LogP contribution in [0, 0.1) is 13.8 Å². The maximum Gasteiger partial charge on any atom is 0.322 e. The van der Waals surface area contributed by atoms with Gasteiger partial charge in [-0.2, -0.15) is 0 Å². The summed E-state index contributed by atoms with van der Waals surface area (Å²) in [5.74, 6) is 0.958. The van der Waals surface area contributed by atoms with Crippen LogP contribution in [0.2, 0.25) is 0 Å². The molecule has 0 aliphatic rings. The van der Waals surface area contributed by atoms with Crippen molar-refractivity contribution in [2.45, 2.75) is 27.2 Å². The Hall–Kier alpha value is -3.15. The van der Waals surface area contributed by atoms with Crippen LogP contribution in [0.3, 0.4) is 0 Å². The first-order valence-electron chi connectivity index (χ1n) is 8.48. The van der Waals surface area contributed by atoms with Gasteiger partial charge in [-0.1, -0.05) is 34.9 Å².